The fourth-order valence-electron chi connectivity index (χ4n) is 3.26. The third-order valence-corrected chi connectivity index (χ3v) is 5.18. The van der Waals surface area contributed by atoms with Crippen LogP contribution in [0.1, 0.15) is 74.8 Å². The molecule has 0 saturated heterocycles. The van der Waals surface area contributed by atoms with Crippen LogP contribution in [0.3, 0.4) is 0 Å². The van der Waals surface area contributed by atoms with Crippen LogP contribution in [0.25, 0.3) is 5.41 Å². The Morgan fingerprint density at radius 2 is 2.17 bits per heavy atom. The van der Waals surface area contributed by atoms with Crippen LogP contribution in [-0.4, -0.2) is 41.3 Å². The van der Waals surface area contributed by atoms with Crippen LogP contribution in [0.5, 0.6) is 5.75 Å². The van der Waals surface area contributed by atoms with E-state index in [1.165, 1.54) is 0 Å². The van der Waals surface area contributed by atoms with E-state index < -0.39 is 24.2 Å². The van der Waals surface area contributed by atoms with E-state index in [9.17, 15) is 14.6 Å². The van der Waals surface area contributed by atoms with Crippen molar-refractivity contribution in [1.29, 1.82) is 0 Å². The van der Waals surface area contributed by atoms with E-state index in [2.05, 4.69) is 21.5 Å². The standard InChI is InChI=1S/C21H27FN4O2.U/c1-4-24-20(23)21(3,10-14-5-6-14)26-19(27)17-9-18(28-13(2)11-22)16(12-25-17)15-7-8-15;/h9,12-15H,5-8,10-11H2,1-3H3,(H,26,27);/q-2;+2. The van der Waals surface area contributed by atoms with E-state index in [4.69, 9.17) is 4.74 Å². The SMILES string of the molecule is C[C-]=NC(=[N-])C(C)(CC1CC1)NC(=O)c1cc(OC(C)CF)c(C2CC2)cn1.[U+2]. The van der Waals surface area contributed by atoms with Crippen LogP contribution < -0.4 is 10.1 Å². The molecule has 2 saturated carbocycles. The van der Waals surface area contributed by atoms with Crippen molar-refractivity contribution >= 4 is 18.0 Å². The molecule has 0 bridgehead atoms. The Kier molecular flexibility index (Phi) is 8.42. The Morgan fingerprint density at radius 3 is 2.72 bits per heavy atom. The number of carbonyl (C=O) groups is 1. The average Bonchev–Trinajstić information content (AvgIpc) is 3.56. The molecule has 3 rings (SSSR count). The molecule has 1 aromatic rings. The number of amides is 1. The van der Waals surface area contributed by atoms with Crippen molar-refractivity contribution in [2.75, 3.05) is 6.67 Å². The second-order valence-electron chi connectivity index (χ2n) is 8.06. The predicted molar refractivity (Wildman–Crippen MR) is 107 cm³/mol. The summed E-state index contributed by atoms with van der Waals surface area (Å²) in [4.78, 5) is 21.0. The van der Waals surface area contributed by atoms with E-state index in [-0.39, 0.29) is 42.6 Å². The number of hydrogen-bond acceptors (Lipinski definition) is 3. The van der Waals surface area contributed by atoms with Gasteiger partial charge in [0, 0.05) is 17.8 Å². The number of nitrogens with zero attached hydrogens (tertiary/aromatic N) is 3. The van der Waals surface area contributed by atoms with Gasteiger partial charge in [-0.05, 0) is 43.6 Å². The Hall–Kier alpha value is -1.26. The first kappa shape index (κ1) is 24.0. The fraction of sp³-hybridized carbons (Fsp3) is 0.619. The second kappa shape index (κ2) is 10.2. The summed E-state index contributed by atoms with van der Waals surface area (Å²) in [6.45, 7) is 4.38. The maximum atomic E-state index is 12.9. The van der Waals surface area contributed by atoms with Gasteiger partial charge in [0.25, 0.3) is 5.91 Å². The number of alkyl halides is 1. The summed E-state index contributed by atoms with van der Waals surface area (Å²) in [7, 11) is 0. The summed E-state index contributed by atoms with van der Waals surface area (Å²) in [5.74, 6) is 0.714. The summed E-state index contributed by atoms with van der Waals surface area (Å²) < 4.78 is 18.6. The van der Waals surface area contributed by atoms with Crippen molar-refractivity contribution in [2.45, 2.75) is 70.4 Å². The van der Waals surface area contributed by atoms with Crippen LogP contribution in [0.15, 0.2) is 17.3 Å². The number of aliphatic imine (C=N–C) groups is 1. The number of pyridine rings is 1. The molecule has 2 fully saturated rings. The molecule has 154 valence electrons. The van der Waals surface area contributed by atoms with E-state index in [0.717, 1.165) is 31.2 Å². The maximum Gasteiger partial charge on any atom is 2.00 e. The van der Waals surface area contributed by atoms with Gasteiger partial charge in [-0.2, -0.15) is 0 Å². The van der Waals surface area contributed by atoms with Crippen LogP contribution in [-0.2, 0) is 0 Å². The molecule has 2 atom stereocenters. The van der Waals surface area contributed by atoms with Crippen molar-refractivity contribution in [2.24, 2.45) is 10.9 Å². The normalized spacial score (nSPS) is 19.2. The Morgan fingerprint density at radius 1 is 1.48 bits per heavy atom. The molecule has 6 nitrogen and oxygen atoms in total. The molecule has 1 N–H and O–H groups in total. The van der Waals surface area contributed by atoms with Gasteiger partial charge >= 0.3 is 31.1 Å². The number of halogens is 1. The first-order valence-corrected chi connectivity index (χ1v) is 9.85. The summed E-state index contributed by atoms with van der Waals surface area (Å²) in [5, 5.41) is 13.2. The molecule has 2 aliphatic carbocycles. The van der Waals surface area contributed by atoms with E-state index in [0.29, 0.717) is 24.0 Å². The Balaban J connectivity index is 0.00000300. The third-order valence-electron chi connectivity index (χ3n) is 5.18. The average molecular weight is 625 g/mol. The molecule has 1 heterocycles. The van der Waals surface area contributed by atoms with Crippen molar-refractivity contribution in [3.8, 4) is 5.75 Å². The Labute approximate surface area is 195 Å². The van der Waals surface area contributed by atoms with Gasteiger partial charge in [-0.1, -0.05) is 19.8 Å². The third kappa shape index (κ3) is 6.36. The number of nitrogens with one attached hydrogen (secondary N) is 1. The Bertz CT molecular complexity index is 780. The number of amidine groups is 1. The van der Waals surface area contributed by atoms with Gasteiger partial charge in [0.05, 0.1) is 0 Å². The molecule has 0 aromatic carbocycles. The molecule has 0 spiro atoms. The first-order valence-electron chi connectivity index (χ1n) is 9.85. The summed E-state index contributed by atoms with van der Waals surface area (Å²) in [6, 6.07) is 1.57. The minimum atomic E-state index is -0.995. The molecule has 1 amide bonds. The zero-order chi connectivity index (χ0) is 20.3. The van der Waals surface area contributed by atoms with Crippen LogP contribution in [0.2, 0.25) is 0 Å². The summed E-state index contributed by atoms with van der Waals surface area (Å²) in [5.41, 5.74) is 0.0904. The molecule has 2 unspecified atom stereocenters. The number of rotatable bonds is 9. The molecule has 0 radical (unpaired) electrons. The predicted octanol–water partition coefficient (Wildman–Crippen LogP) is 3.92. The molecule has 29 heavy (non-hydrogen) atoms. The van der Waals surface area contributed by atoms with E-state index >= 15 is 0 Å². The molecule has 1 aromatic heterocycles. The van der Waals surface area contributed by atoms with Gasteiger partial charge in [-0.15, -0.1) is 6.92 Å². The largest absolute Gasteiger partial charge is 2.00 e. The van der Waals surface area contributed by atoms with Crippen molar-refractivity contribution in [1.82, 2.24) is 10.3 Å². The molecule has 2 aliphatic rings. The van der Waals surface area contributed by atoms with Crippen LogP contribution in [0.4, 0.5) is 4.39 Å². The molecule has 0 aliphatic heterocycles. The molecular weight excluding hydrogens is 597 g/mol. The van der Waals surface area contributed by atoms with Gasteiger partial charge in [0.15, 0.2) is 0 Å². The van der Waals surface area contributed by atoms with Crippen LogP contribution >= 0.6 is 0 Å². The number of hydrogen-bond donors (Lipinski definition) is 1. The number of carbonyl (C=O) groups excluding carboxylic acids is 1. The smallest absolute Gasteiger partial charge is 0.643 e. The number of aromatic nitrogens is 1. The summed E-state index contributed by atoms with van der Waals surface area (Å²) >= 11 is 0. The first-order chi connectivity index (χ1) is 13.4. The van der Waals surface area contributed by atoms with Gasteiger partial charge in [0.2, 0.25) is 0 Å². The van der Waals surface area contributed by atoms with Gasteiger partial charge < -0.3 is 26.7 Å². The minimum absolute atomic E-state index is 0. The maximum absolute atomic E-state index is 12.9. The minimum Gasteiger partial charge on any atom is -0.643 e. The zero-order valence-electron chi connectivity index (χ0n) is 17.2. The van der Waals surface area contributed by atoms with Gasteiger partial charge in [0.1, 0.15) is 24.2 Å². The van der Waals surface area contributed by atoms with Crippen molar-refractivity contribution in [3.05, 3.63) is 28.9 Å². The topological polar surface area (TPSA) is 85.9 Å². The van der Waals surface area contributed by atoms with Crippen LogP contribution in [0, 0.1) is 37.0 Å². The van der Waals surface area contributed by atoms with Gasteiger partial charge in [-0.25, -0.2) is 10.2 Å². The second-order valence-corrected chi connectivity index (χ2v) is 8.06. The summed E-state index contributed by atoms with van der Waals surface area (Å²) in [6.07, 6.45) is 8.44. The zero-order valence-corrected chi connectivity index (χ0v) is 21.3. The molecule has 8 heteroatoms. The van der Waals surface area contributed by atoms with Crippen molar-refractivity contribution in [3.63, 3.8) is 0 Å². The van der Waals surface area contributed by atoms with E-state index in [1.54, 1.807) is 33.0 Å². The fourth-order valence-corrected chi connectivity index (χ4v) is 3.26. The quantitative estimate of drug-likeness (QED) is 0.257. The number of ether oxygens (including phenoxy) is 1. The van der Waals surface area contributed by atoms with Gasteiger partial charge in [-0.3, -0.25) is 9.78 Å². The monoisotopic (exact) mass is 624 g/mol. The van der Waals surface area contributed by atoms with E-state index in [1.807, 2.05) is 0 Å². The van der Waals surface area contributed by atoms with Crippen molar-refractivity contribution < 1.29 is 45.0 Å². The molecular formula is C21H27FN4O2U.